The maximum Gasteiger partial charge on any atom is 0.303 e. The van der Waals surface area contributed by atoms with E-state index in [2.05, 4.69) is 0 Å². The van der Waals surface area contributed by atoms with Crippen LogP contribution in [0.1, 0.15) is 38.5 Å². The van der Waals surface area contributed by atoms with E-state index in [1.807, 2.05) is 0 Å². The third-order valence-corrected chi connectivity index (χ3v) is 6.21. The van der Waals surface area contributed by atoms with Crippen molar-refractivity contribution in [3.05, 3.63) is 42.0 Å². The summed E-state index contributed by atoms with van der Waals surface area (Å²) in [6.45, 7) is 0.329. The van der Waals surface area contributed by atoms with E-state index in [1.165, 1.54) is 6.08 Å². The van der Waals surface area contributed by atoms with Crippen LogP contribution in [-0.2, 0) is 9.53 Å². The Kier molecular flexibility index (Phi) is 8.40. The van der Waals surface area contributed by atoms with Crippen LogP contribution in [-0.4, -0.2) is 52.8 Å². The van der Waals surface area contributed by atoms with Gasteiger partial charge >= 0.3 is 5.97 Å². The molecule has 2 fully saturated rings. The van der Waals surface area contributed by atoms with Crippen LogP contribution in [0.3, 0.4) is 0 Å². The number of hydrogen-bond donors (Lipinski definition) is 3. The fraction of sp³-hybridized carbons (Fsp3) is 0.609. The smallest absolute Gasteiger partial charge is 0.303 e. The van der Waals surface area contributed by atoms with Crippen LogP contribution in [0, 0.1) is 29.4 Å². The van der Waals surface area contributed by atoms with Crippen LogP contribution in [0.25, 0.3) is 0 Å². The summed E-state index contributed by atoms with van der Waals surface area (Å²) in [5.41, 5.74) is 0. The molecule has 1 aromatic rings. The molecule has 1 saturated carbocycles. The number of benzene rings is 1. The van der Waals surface area contributed by atoms with E-state index in [0.717, 1.165) is 37.5 Å². The van der Waals surface area contributed by atoms with Crippen molar-refractivity contribution >= 4 is 5.97 Å². The van der Waals surface area contributed by atoms with Crippen molar-refractivity contribution in [2.75, 3.05) is 13.2 Å². The van der Waals surface area contributed by atoms with Gasteiger partial charge in [-0.2, -0.15) is 0 Å². The second kappa shape index (κ2) is 11.0. The maximum atomic E-state index is 13.6. The van der Waals surface area contributed by atoms with E-state index in [9.17, 15) is 23.8 Å². The number of aliphatic carboxylic acids is 1. The average Bonchev–Trinajstić information content (AvgIpc) is 2.88. The first-order valence-corrected chi connectivity index (χ1v) is 10.8. The van der Waals surface area contributed by atoms with Crippen LogP contribution < -0.4 is 4.74 Å². The third kappa shape index (κ3) is 6.72. The van der Waals surface area contributed by atoms with Gasteiger partial charge in [0.05, 0.1) is 12.2 Å². The first kappa shape index (κ1) is 23.6. The summed E-state index contributed by atoms with van der Waals surface area (Å²) in [4.78, 5) is 10.7. The summed E-state index contributed by atoms with van der Waals surface area (Å²) in [5.74, 6) is -2.14. The second-order valence-electron chi connectivity index (χ2n) is 8.48. The summed E-state index contributed by atoms with van der Waals surface area (Å²) in [6, 6.07) is 2.87. The molecule has 1 aromatic carbocycles. The quantitative estimate of drug-likeness (QED) is 0.510. The molecule has 1 aliphatic heterocycles. The highest BCUT2D eigenvalue weighted by molar-refractivity contribution is 5.66. The molecule has 0 amide bonds. The highest BCUT2D eigenvalue weighted by Gasteiger charge is 2.43. The fourth-order valence-electron chi connectivity index (χ4n) is 4.56. The van der Waals surface area contributed by atoms with Crippen molar-refractivity contribution in [3.63, 3.8) is 0 Å². The van der Waals surface area contributed by atoms with Crippen molar-refractivity contribution in [1.82, 2.24) is 0 Å². The van der Waals surface area contributed by atoms with Crippen molar-refractivity contribution in [3.8, 4) is 5.75 Å². The van der Waals surface area contributed by atoms with E-state index >= 15 is 0 Å². The van der Waals surface area contributed by atoms with Crippen LogP contribution in [0.15, 0.2) is 30.4 Å². The lowest BCUT2D eigenvalue weighted by Crippen LogP contribution is -2.22. The van der Waals surface area contributed by atoms with Crippen LogP contribution in [0.4, 0.5) is 8.78 Å². The van der Waals surface area contributed by atoms with Crippen molar-refractivity contribution < 1.29 is 38.4 Å². The van der Waals surface area contributed by atoms with Crippen LogP contribution in [0.2, 0.25) is 0 Å². The molecular formula is C23H30F2O6. The lowest BCUT2D eigenvalue weighted by molar-refractivity contribution is -0.137. The Hall–Kier alpha value is -2.03. The first-order chi connectivity index (χ1) is 14.8. The van der Waals surface area contributed by atoms with Gasteiger partial charge < -0.3 is 24.8 Å². The van der Waals surface area contributed by atoms with Gasteiger partial charge in [0, 0.05) is 31.4 Å². The molecule has 0 aromatic heterocycles. The number of ether oxygens (including phenoxy) is 2. The molecule has 31 heavy (non-hydrogen) atoms. The number of rotatable bonds is 9. The molecule has 0 bridgehead atoms. The predicted molar refractivity (Wildman–Crippen MR) is 109 cm³/mol. The van der Waals surface area contributed by atoms with Crippen molar-refractivity contribution in [2.24, 2.45) is 17.8 Å². The van der Waals surface area contributed by atoms with Crippen molar-refractivity contribution in [2.45, 2.75) is 56.8 Å². The van der Waals surface area contributed by atoms with Crippen molar-refractivity contribution in [1.29, 1.82) is 0 Å². The molecule has 0 spiro atoms. The number of carboxylic acid groups (broad SMARTS) is 1. The molecular weight excluding hydrogens is 410 g/mol. The average molecular weight is 440 g/mol. The highest BCUT2D eigenvalue weighted by Crippen LogP contribution is 2.42. The zero-order chi connectivity index (χ0) is 22.4. The Labute approximate surface area is 180 Å². The monoisotopic (exact) mass is 440 g/mol. The minimum Gasteiger partial charge on any atom is -0.487 e. The number of hydrogen-bond acceptors (Lipinski definition) is 5. The van der Waals surface area contributed by atoms with Gasteiger partial charge in [-0.25, -0.2) is 8.78 Å². The zero-order valence-electron chi connectivity index (χ0n) is 17.3. The number of fused-ring (bicyclic) bond motifs is 1. The van der Waals surface area contributed by atoms with Gasteiger partial charge in [0.15, 0.2) is 11.6 Å². The van der Waals surface area contributed by atoms with Gasteiger partial charge in [-0.15, -0.1) is 0 Å². The maximum absolute atomic E-state index is 13.6. The standard InChI is InChI=1S/C23H30F2O6/c24-15-5-9-19(25)22(10-15)31-13-16(26)6-8-17-18-7-4-14(2-1-3-23(28)29)12-30-21(18)11-20(17)27/h5-6,8-10,14,16-18,20-21,26-27H,1-4,7,11-13H2,(H,28,29)/t14-,16+,17+,18+,20+,21-/m0/s1. The molecule has 0 radical (unpaired) electrons. The molecule has 2 aliphatic rings. The zero-order valence-corrected chi connectivity index (χ0v) is 17.3. The summed E-state index contributed by atoms with van der Waals surface area (Å²) in [7, 11) is 0. The molecule has 6 nitrogen and oxygen atoms in total. The van der Waals surface area contributed by atoms with E-state index in [0.29, 0.717) is 25.4 Å². The lowest BCUT2D eigenvalue weighted by Gasteiger charge is -2.21. The SMILES string of the molecule is O=C(O)CCC[C@H]1CC[C@@H]2[C@@H](C=C[C@@H](O)COc3cc(F)ccc3F)[C@H](O)C[C@@H]2OC1. The molecule has 172 valence electrons. The minimum atomic E-state index is -1.04. The van der Waals surface area contributed by atoms with Gasteiger partial charge in [0.25, 0.3) is 0 Å². The molecule has 1 heterocycles. The lowest BCUT2D eigenvalue weighted by atomic mass is 9.86. The van der Waals surface area contributed by atoms with E-state index < -0.39 is 29.8 Å². The molecule has 3 N–H and O–H groups in total. The Morgan fingerprint density at radius 3 is 2.90 bits per heavy atom. The molecule has 1 saturated heterocycles. The van der Waals surface area contributed by atoms with E-state index in [1.54, 1.807) is 6.08 Å². The largest absolute Gasteiger partial charge is 0.487 e. The number of carboxylic acids is 1. The summed E-state index contributed by atoms with van der Waals surface area (Å²) in [6.07, 6.45) is 5.47. The molecule has 0 unspecified atom stereocenters. The van der Waals surface area contributed by atoms with E-state index in [4.69, 9.17) is 14.6 Å². The fourth-order valence-corrected chi connectivity index (χ4v) is 4.56. The summed E-state index contributed by atoms with van der Waals surface area (Å²) in [5, 5.41) is 29.4. The molecule has 1 aliphatic carbocycles. The Balaban J connectivity index is 1.51. The Morgan fingerprint density at radius 2 is 2.13 bits per heavy atom. The topological polar surface area (TPSA) is 96.2 Å². The van der Waals surface area contributed by atoms with Gasteiger partial charge in [-0.1, -0.05) is 12.2 Å². The van der Waals surface area contributed by atoms with Gasteiger partial charge in [0.2, 0.25) is 0 Å². The van der Waals surface area contributed by atoms with Crippen LogP contribution in [0.5, 0.6) is 5.75 Å². The van der Waals surface area contributed by atoms with Crippen LogP contribution >= 0.6 is 0 Å². The highest BCUT2D eigenvalue weighted by atomic mass is 19.1. The first-order valence-electron chi connectivity index (χ1n) is 10.8. The number of aliphatic hydroxyl groups is 2. The normalized spacial score (nSPS) is 29.5. The number of carbonyl (C=O) groups is 1. The molecule has 8 heteroatoms. The predicted octanol–water partition coefficient (Wildman–Crippen LogP) is 3.31. The number of aliphatic hydroxyl groups excluding tert-OH is 2. The minimum absolute atomic E-state index is 0.0658. The summed E-state index contributed by atoms with van der Waals surface area (Å²) < 4.78 is 38.0. The molecule has 6 atom stereocenters. The third-order valence-electron chi connectivity index (χ3n) is 6.21. The van der Waals surface area contributed by atoms with Gasteiger partial charge in [0.1, 0.15) is 18.5 Å². The van der Waals surface area contributed by atoms with Gasteiger partial charge in [-0.3, -0.25) is 4.79 Å². The number of halogens is 2. The second-order valence-corrected chi connectivity index (χ2v) is 8.48. The Bertz CT molecular complexity index is 770. The molecule has 3 rings (SSSR count). The van der Waals surface area contributed by atoms with Gasteiger partial charge in [-0.05, 0) is 49.7 Å². The van der Waals surface area contributed by atoms with E-state index in [-0.39, 0.29) is 36.7 Å². The summed E-state index contributed by atoms with van der Waals surface area (Å²) >= 11 is 0. The Morgan fingerprint density at radius 1 is 1.32 bits per heavy atom.